The van der Waals surface area contributed by atoms with Crippen LogP contribution in [0.3, 0.4) is 0 Å². The van der Waals surface area contributed by atoms with Crippen LogP contribution in [0.2, 0.25) is 0 Å². The first-order valence-electron chi connectivity index (χ1n) is 3.78. The van der Waals surface area contributed by atoms with Gasteiger partial charge in [-0.15, -0.1) is 0 Å². The van der Waals surface area contributed by atoms with E-state index in [4.69, 9.17) is 5.84 Å². The molecule has 3 heteroatoms. The molecule has 0 fully saturated rings. The second-order valence-electron chi connectivity index (χ2n) is 2.43. The SMILES string of the molecule is CCCc1cc(NN)ccn1. The monoisotopic (exact) mass is 151 g/mol. The van der Waals surface area contributed by atoms with Gasteiger partial charge in [-0.3, -0.25) is 10.8 Å². The van der Waals surface area contributed by atoms with Crippen LogP contribution < -0.4 is 11.3 Å². The standard InChI is InChI=1S/C8H13N3/c1-2-3-7-6-8(11-9)4-5-10-7/h4-6H,2-3,9H2,1H3,(H,10,11). The summed E-state index contributed by atoms with van der Waals surface area (Å²) < 4.78 is 0. The number of pyridine rings is 1. The van der Waals surface area contributed by atoms with E-state index < -0.39 is 0 Å². The van der Waals surface area contributed by atoms with Gasteiger partial charge in [0.1, 0.15) is 0 Å². The van der Waals surface area contributed by atoms with Crippen molar-refractivity contribution in [2.24, 2.45) is 5.84 Å². The van der Waals surface area contributed by atoms with Crippen molar-refractivity contribution < 1.29 is 0 Å². The van der Waals surface area contributed by atoms with Gasteiger partial charge < -0.3 is 5.43 Å². The maximum Gasteiger partial charge on any atom is 0.0518 e. The minimum absolute atomic E-state index is 0.920. The summed E-state index contributed by atoms with van der Waals surface area (Å²) in [5, 5.41) is 0. The van der Waals surface area contributed by atoms with E-state index in [-0.39, 0.29) is 0 Å². The number of hydrazine groups is 1. The van der Waals surface area contributed by atoms with Crippen molar-refractivity contribution in [3.05, 3.63) is 24.0 Å². The molecule has 0 saturated heterocycles. The lowest BCUT2D eigenvalue weighted by atomic mass is 10.2. The van der Waals surface area contributed by atoms with Crippen molar-refractivity contribution in [1.29, 1.82) is 0 Å². The Morgan fingerprint density at radius 2 is 2.45 bits per heavy atom. The van der Waals surface area contributed by atoms with Gasteiger partial charge in [-0.1, -0.05) is 13.3 Å². The van der Waals surface area contributed by atoms with Crippen molar-refractivity contribution in [1.82, 2.24) is 4.98 Å². The number of rotatable bonds is 3. The van der Waals surface area contributed by atoms with Gasteiger partial charge in [-0.2, -0.15) is 0 Å². The predicted octanol–water partition coefficient (Wildman–Crippen LogP) is 1.32. The van der Waals surface area contributed by atoms with Crippen LogP contribution in [0.1, 0.15) is 19.0 Å². The van der Waals surface area contributed by atoms with Crippen LogP contribution in [-0.4, -0.2) is 4.98 Å². The quantitative estimate of drug-likeness (QED) is 0.506. The summed E-state index contributed by atoms with van der Waals surface area (Å²) in [6.45, 7) is 2.13. The lowest BCUT2D eigenvalue weighted by molar-refractivity contribution is 0.883. The summed E-state index contributed by atoms with van der Waals surface area (Å²) in [5.74, 6) is 5.24. The molecule has 3 N–H and O–H groups in total. The zero-order chi connectivity index (χ0) is 8.10. The summed E-state index contributed by atoms with van der Waals surface area (Å²) in [6, 6.07) is 3.81. The van der Waals surface area contributed by atoms with Gasteiger partial charge in [0.25, 0.3) is 0 Å². The average molecular weight is 151 g/mol. The van der Waals surface area contributed by atoms with E-state index in [0.717, 1.165) is 24.2 Å². The summed E-state index contributed by atoms with van der Waals surface area (Å²) in [6.07, 6.45) is 3.89. The molecular formula is C8H13N3. The van der Waals surface area contributed by atoms with Gasteiger partial charge in [-0.05, 0) is 18.6 Å². The number of hydrogen-bond acceptors (Lipinski definition) is 3. The van der Waals surface area contributed by atoms with E-state index in [9.17, 15) is 0 Å². The third-order valence-corrected chi connectivity index (χ3v) is 1.49. The zero-order valence-electron chi connectivity index (χ0n) is 6.67. The minimum Gasteiger partial charge on any atom is -0.324 e. The topological polar surface area (TPSA) is 50.9 Å². The van der Waals surface area contributed by atoms with Crippen LogP contribution in [0.25, 0.3) is 0 Å². The highest BCUT2D eigenvalue weighted by Gasteiger charge is 1.93. The van der Waals surface area contributed by atoms with E-state index in [1.807, 2.05) is 12.1 Å². The molecule has 0 spiro atoms. The van der Waals surface area contributed by atoms with Gasteiger partial charge in [0, 0.05) is 11.9 Å². The average Bonchev–Trinajstić information content (AvgIpc) is 2.06. The highest BCUT2D eigenvalue weighted by molar-refractivity contribution is 5.41. The molecule has 1 heterocycles. The van der Waals surface area contributed by atoms with E-state index in [0.29, 0.717) is 0 Å². The molecule has 11 heavy (non-hydrogen) atoms. The van der Waals surface area contributed by atoms with E-state index in [2.05, 4.69) is 17.3 Å². The van der Waals surface area contributed by atoms with Crippen molar-refractivity contribution in [3.8, 4) is 0 Å². The predicted molar refractivity (Wildman–Crippen MR) is 46.0 cm³/mol. The molecule has 1 aromatic heterocycles. The van der Waals surface area contributed by atoms with Crippen LogP contribution in [0, 0.1) is 0 Å². The Labute approximate surface area is 66.6 Å². The summed E-state index contributed by atoms with van der Waals surface area (Å²) in [7, 11) is 0. The summed E-state index contributed by atoms with van der Waals surface area (Å²) in [5.41, 5.74) is 4.59. The molecular weight excluding hydrogens is 138 g/mol. The first kappa shape index (κ1) is 8.01. The van der Waals surface area contributed by atoms with Gasteiger partial charge in [0.05, 0.1) is 5.69 Å². The molecule has 0 aliphatic rings. The smallest absolute Gasteiger partial charge is 0.0518 e. The van der Waals surface area contributed by atoms with Crippen molar-refractivity contribution in [2.75, 3.05) is 5.43 Å². The fourth-order valence-corrected chi connectivity index (χ4v) is 0.961. The number of nitrogens with zero attached hydrogens (tertiary/aromatic N) is 1. The van der Waals surface area contributed by atoms with Crippen LogP contribution in [-0.2, 0) is 6.42 Å². The van der Waals surface area contributed by atoms with E-state index in [1.54, 1.807) is 6.20 Å². The van der Waals surface area contributed by atoms with Crippen LogP contribution >= 0.6 is 0 Å². The molecule has 1 rings (SSSR count). The molecule has 0 unspecified atom stereocenters. The van der Waals surface area contributed by atoms with Crippen LogP contribution in [0.15, 0.2) is 18.3 Å². The molecule has 0 aliphatic carbocycles. The highest BCUT2D eigenvalue weighted by atomic mass is 15.2. The first-order valence-corrected chi connectivity index (χ1v) is 3.78. The van der Waals surface area contributed by atoms with Gasteiger partial charge in [-0.25, -0.2) is 0 Å². The maximum atomic E-state index is 5.24. The third-order valence-electron chi connectivity index (χ3n) is 1.49. The first-order chi connectivity index (χ1) is 5.36. The molecule has 0 radical (unpaired) electrons. The van der Waals surface area contributed by atoms with E-state index in [1.165, 1.54) is 0 Å². The molecule has 60 valence electrons. The van der Waals surface area contributed by atoms with Gasteiger partial charge >= 0.3 is 0 Å². The summed E-state index contributed by atoms with van der Waals surface area (Å²) in [4.78, 5) is 4.18. The summed E-state index contributed by atoms with van der Waals surface area (Å²) >= 11 is 0. The molecule has 0 atom stereocenters. The molecule has 0 saturated carbocycles. The van der Waals surface area contributed by atoms with Crippen molar-refractivity contribution in [3.63, 3.8) is 0 Å². The molecule has 3 nitrogen and oxygen atoms in total. The largest absolute Gasteiger partial charge is 0.324 e. The minimum atomic E-state index is 0.920. The molecule has 0 amide bonds. The number of hydrogen-bond donors (Lipinski definition) is 2. The number of nitrogens with one attached hydrogen (secondary N) is 1. The number of aryl methyl sites for hydroxylation is 1. The molecule has 0 bridgehead atoms. The van der Waals surface area contributed by atoms with Crippen molar-refractivity contribution in [2.45, 2.75) is 19.8 Å². The lowest BCUT2D eigenvalue weighted by Crippen LogP contribution is -2.07. The second-order valence-corrected chi connectivity index (χ2v) is 2.43. The number of aromatic nitrogens is 1. The van der Waals surface area contributed by atoms with Gasteiger partial charge in [0.15, 0.2) is 0 Å². The fourth-order valence-electron chi connectivity index (χ4n) is 0.961. The van der Waals surface area contributed by atoms with Crippen LogP contribution in [0.5, 0.6) is 0 Å². The zero-order valence-corrected chi connectivity index (χ0v) is 6.67. The molecule has 0 aromatic carbocycles. The Hall–Kier alpha value is -1.09. The maximum absolute atomic E-state index is 5.24. The number of nitrogens with two attached hydrogens (primary N) is 1. The lowest BCUT2D eigenvalue weighted by Gasteiger charge is -2.01. The van der Waals surface area contributed by atoms with Crippen molar-refractivity contribution >= 4 is 5.69 Å². The Kier molecular flexibility index (Phi) is 2.86. The molecule has 1 aromatic rings. The highest BCUT2D eigenvalue weighted by Crippen LogP contribution is 2.07. The Bertz CT molecular complexity index is 222. The molecule has 0 aliphatic heterocycles. The second kappa shape index (κ2) is 3.93. The van der Waals surface area contributed by atoms with Crippen LogP contribution in [0.4, 0.5) is 5.69 Å². The Balaban J connectivity index is 2.74. The Morgan fingerprint density at radius 1 is 1.64 bits per heavy atom. The number of anilines is 1. The normalized spacial score (nSPS) is 9.64. The van der Waals surface area contributed by atoms with Gasteiger partial charge in [0.2, 0.25) is 0 Å². The fraction of sp³-hybridized carbons (Fsp3) is 0.375. The third kappa shape index (κ3) is 2.20. The van der Waals surface area contributed by atoms with E-state index >= 15 is 0 Å². The number of nitrogen functional groups attached to an aromatic ring is 1. The Morgan fingerprint density at radius 3 is 3.09 bits per heavy atom.